The Balaban J connectivity index is 1.15. The number of fused-ring (bicyclic) bond motifs is 7. The van der Waals surface area contributed by atoms with E-state index in [9.17, 15) is 24.0 Å². The van der Waals surface area contributed by atoms with Crippen molar-refractivity contribution in [1.29, 1.82) is 0 Å². The molecule has 3 aliphatic rings. The van der Waals surface area contributed by atoms with Crippen LogP contribution in [0, 0.1) is 32.8 Å². The van der Waals surface area contributed by atoms with Gasteiger partial charge >= 0.3 is 205 Å². The fourth-order valence-electron chi connectivity index (χ4n) is 7.54. The van der Waals surface area contributed by atoms with Crippen LogP contribution in [0.4, 0.5) is 9.93 Å². The van der Waals surface area contributed by atoms with Crippen molar-refractivity contribution in [1.82, 2.24) is 45.0 Å². The van der Waals surface area contributed by atoms with E-state index >= 15 is 4.11 Å². The molecule has 3 aliphatic heterocycles. The molecule has 61 heavy (non-hydrogen) atoms. The number of nitrogens with zero attached hydrogens (tertiary/aromatic N) is 7. The standard InChI is InChI=1S/C39H65FN10O9Si.Lu/c1-38(2,3)60(40,39(4,5)6)34-22-31(43-25-32(51)44-24-30-8-7-9-41-23-30)45-50(34)19-21-59-20-10-42-33(52)26-46-11-13-47(27-35(53)54)15-17-49(29-37(57)58)18-16-48(14-12-46)28-36(55)56;/h7-9,22-23H,10-21,24-29H2,1-6H3,(H,42,52)(H,43,45)(H,44,51)(H,53,54)(H,55,56)(H,57,58);/q;+3/p-3. The molecule has 4 bridgehead atoms. The Hall–Kier alpha value is -3.31. The predicted octanol–water partition coefficient (Wildman–Crippen LogP) is 0.106. The van der Waals surface area contributed by atoms with Crippen molar-refractivity contribution in [3.05, 3.63) is 36.2 Å². The van der Waals surface area contributed by atoms with Crippen LogP contribution in [0.3, 0.4) is 0 Å². The third kappa shape index (κ3) is 14.6. The molecule has 0 saturated carbocycles. The third-order valence-corrected chi connectivity index (χ3v) is 17.7. The first-order valence-electron chi connectivity index (χ1n) is 20.5. The van der Waals surface area contributed by atoms with Crippen LogP contribution >= 0.6 is 0 Å². The fourth-order valence-corrected chi connectivity index (χ4v) is 13.6. The Morgan fingerprint density at radius 2 is 1.38 bits per heavy atom. The quantitative estimate of drug-likeness (QED) is 0.131. The smallest absolute Gasteiger partial charge is 0.00882 e. The van der Waals surface area contributed by atoms with Crippen LogP contribution in [-0.4, -0.2) is 177 Å². The average molecular weight is 1040 g/mol. The minimum absolute atomic E-state index is 0.0175. The van der Waals surface area contributed by atoms with Gasteiger partial charge in [-0.2, -0.15) is 5.10 Å². The summed E-state index contributed by atoms with van der Waals surface area (Å²) in [5, 5.41) is 12.7. The van der Waals surface area contributed by atoms with Crippen molar-refractivity contribution in [2.45, 2.75) is 64.7 Å². The largest absolute Gasteiger partial charge is 0.0598 e. The van der Waals surface area contributed by atoms with Gasteiger partial charge in [-0.3, -0.25) is 14.5 Å². The number of hydrogen-bond donors (Lipinski definition) is 3. The van der Waals surface area contributed by atoms with Crippen LogP contribution < -0.4 is 21.3 Å². The number of pyridine rings is 1. The number of amides is 2. The van der Waals surface area contributed by atoms with Crippen molar-refractivity contribution in [2.75, 3.05) is 110 Å². The summed E-state index contributed by atoms with van der Waals surface area (Å²) in [4.78, 5) is 75.9. The molecule has 2 aromatic heterocycles. The number of nitrogens with one attached hydrogen (secondary N) is 3. The van der Waals surface area contributed by atoms with E-state index in [0.717, 1.165) is 5.56 Å². The van der Waals surface area contributed by atoms with Gasteiger partial charge in [-0.05, 0) is 21.7 Å². The number of hydrogen-bond acceptors (Lipinski definition) is 16. The number of anilines is 1. The Labute approximate surface area is 373 Å². The molecule has 348 valence electrons. The predicted molar refractivity (Wildman–Crippen MR) is 221 cm³/mol. The van der Waals surface area contributed by atoms with Crippen molar-refractivity contribution >= 4 is 49.3 Å². The van der Waals surface area contributed by atoms with Gasteiger partial charge in [-0.15, -0.1) is 0 Å². The molecule has 0 aromatic carbocycles. The summed E-state index contributed by atoms with van der Waals surface area (Å²) >= 11 is -3.06. The van der Waals surface area contributed by atoms with E-state index in [1.165, 1.54) is 0 Å². The second-order valence-corrected chi connectivity index (χ2v) is 23.9. The van der Waals surface area contributed by atoms with Crippen molar-refractivity contribution in [2.24, 2.45) is 0 Å². The van der Waals surface area contributed by atoms with Crippen LogP contribution in [0.5, 0.6) is 0 Å². The topological polar surface area (TPSA) is 202 Å². The van der Waals surface area contributed by atoms with Gasteiger partial charge in [0.1, 0.15) is 5.82 Å². The summed E-state index contributed by atoms with van der Waals surface area (Å²) in [6, 6.07) is 5.40. The van der Waals surface area contributed by atoms with Crippen LogP contribution in [0.1, 0.15) is 47.1 Å². The van der Waals surface area contributed by atoms with Gasteiger partial charge < -0.3 is 19.5 Å². The summed E-state index contributed by atoms with van der Waals surface area (Å²) < 4.78 is 41.2. The van der Waals surface area contributed by atoms with E-state index in [-0.39, 0.29) is 70.8 Å². The zero-order valence-corrected chi connectivity index (χ0v) is 38.7. The zero-order valence-electron chi connectivity index (χ0n) is 36.1. The summed E-state index contributed by atoms with van der Waals surface area (Å²) in [5.41, 5.74) is 0.871. The minimum Gasteiger partial charge on any atom is -0.0598 e. The van der Waals surface area contributed by atoms with Gasteiger partial charge in [-0.25, -0.2) is 0 Å². The fraction of sp³-hybridized carbons (Fsp3) is 0.667. The van der Waals surface area contributed by atoms with Crippen LogP contribution in [0.25, 0.3) is 0 Å². The first-order valence-corrected chi connectivity index (χ1v) is 24.4. The average Bonchev–Trinajstić information content (AvgIpc) is 3.58. The molecule has 5 rings (SSSR count). The number of carbonyl (C=O) groups excluding carboxylic acids is 5. The van der Waals surface area contributed by atoms with E-state index in [2.05, 4.69) is 26.0 Å². The molecule has 2 aromatic rings. The minimum atomic E-state index is -3.76. The molecule has 2 amide bonds. The van der Waals surface area contributed by atoms with Gasteiger partial charge in [-0.1, -0.05) is 47.6 Å². The Morgan fingerprint density at radius 1 is 0.820 bits per heavy atom. The summed E-state index contributed by atoms with van der Waals surface area (Å²) in [7, 11) is -3.76. The zero-order chi connectivity index (χ0) is 44.2. The van der Waals surface area contributed by atoms with Crippen molar-refractivity contribution in [3.8, 4) is 0 Å². The van der Waals surface area contributed by atoms with Crippen molar-refractivity contribution < 1.29 is 70.2 Å². The second-order valence-electron chi connectivity index (χ2n) is 17.3. The molecule has 2 atom stereocenters. The van der Waals surface area contributed by atoms with Gasteiger partial charge in [0, 0.05) is 25.0 Å². The first-order chi connectivity index (χ1) is 28.9. The van der Waals surface area contributed by atoms with E-state index in [4.69, 9.17) is 9.39 Å². The molecule has 2 unspecified atom stereocenters. The molecule has 3 fully saturated rings. The van der Waals surface area contributed by atoms with Gasteiger partial charge in [0.05, 0.1) is 25.0 Å². The normalized spacial score (nSPS) is 21.8. The van der Waals surface area contributed by atoms with Gasteiger partial charge in [0.15, 0.2) is 0 Å². The molecule has 19 nitrogen and oxygen atoms in total. The SMILES string of the molecule is CC(C)(C)[Si](F)(c1cc(NCC(=O)NCc2cccnc2)nn1CCOCCNC(=O)CN1CCN2CCN3CCN(CC1)CC(=O)[O][Lu]([O]C(=O)C2)[O]C(=O)C3)C(C)(C)C. The van der Waals surface area contributed by atoms with E-state index in [1.54, 1.807) is 29.2 Å². The molecule has 5 heterocycles. The Kier molecular flexibility index (Phi) is 17.9. The third-order valence-electron chi connectivity index (χ3n) is 10.5. The first kappa shape index (κ1) is 48.7. The maximum atomic E-state index is 17.6. The number of aromatic nitrogens is 3. The summed E-state index contributed by atoms with van der Waals surface area (Å²) in [5.74, 6) is -1.99. The second kappa shape index (κ2) is 22.4. The molecule has 3 saturated heterocycles. The summed E-state index contributed by atoms with van der Waals surface area (Å²) in [6.45, 7) is 16.3. The molecule has 0 radical (unpaired) electrons. The maximum Gasteiger partial charge on any atom is -0.00882 e. The van der Waals surface area contributed by atoms with Crippen molar-refractivity contribution in [3.63, 3.8) is 0 Å². The Morgan fingerprint density at radius 3 is 1.90 bits per heavy atom. The number of rotatable bonds is 14. The molecule has 0 aliphatic carbocycles. The van der Waals surface area contributed by atoms with Crippen LogP contribution in [-0.2, 0) is 46.4 Å². The molecular weight excluding hydrogens is 975 g/mol. The van der Waals surface area contributed by atoms with E-state index in [0.29, 0.717) is 70.0 Å². The van der Waals surface area contributed by atoms with Crippen LogP contribution in [0.15, 0.2) is 30.6 Å². The number of halogens is 1. The maximum absolute atomic E-state index is 17.6. The van der Waals surface area contributed by atoms with E-state index < -0.39 is 69.2 Å². The Bertz CT molecular complexity index is 1770. The molecule has 3 N–H and O–H groups in total. The van der Waals surface area contributed by atoms with Gasteiger partial charge in [0.25, 0.3) is 0 Å². The monoisotopic (exact) mass is 1040 g/mol. The molecule has 0 spiro atoms. The van der Waals surface area contributed by atoms with Gasteiger partial charge in [0.2, 0.25) is 5.91 Å². The van der Waals surface area contributed by atoms with E-state index in [1.807, 2.05) is 67.2 Å². The molecule has 22 heteroatoms. The number of ether oxygens (including phenoxy) is 1. The molecular formula is C39H62FLuN10O9Si. The summed E-state index contributed by atoms with van der Waals surface area (Å²) in [6.07, 6.45) is 3.35. The van der Waals surface area contributed by atoms with Crippen LogP contribution in [0.2, 0.25) is 10.1 Å². The number of carbonyl (C=O) groups is 5.